The summed E-state index contributed by atoms with van der Waals surface area (Å²) in [6, 6.07) is 17.6. The summed E-state index contributed by atoms with van der Waals surface area (Å²) in [5.74, 6) is -0.741. The fourth-order valence-electron chi connectivity index (χ4n) is 4.57. The summed E-state index contributed by atoms with van der Waals surface area (Å²) in [6.07, 6.45) is -2.61. The highest BCUT2D eigenvalue weighted by molar-refractivity contribution is 6.02. The number of aromatic amines is 1. The molecule has 1 atom stereocenters. The van der Waals surface area contributed by atoms with Crippen LogP contribution < -0.4 is 5.32 Å². The average molecular weight is 497 g/mol. The van der Waals surface area contributed by atoms with Crippen LogP contribution >= 0.6 is 0 Å². The molecule has 1 aliphatic heterocycles. The number of nitrogens with zero attached hydrogens (tertiary/aromatic N) is 2. The SMILES string of the molecule is Oc1[nH]c2ccc(F)cc2c1C=Nc1ccc(NC2CCN(Cc3ccccc3)C2)c(C(F)(F)F)c1. The number of likely N-dealkylation sites (tertiary alicyclic amines) is 1. The molecule has 0 aliphatic carbocycles. The van der Waals surface area contributed by atoms with Gasteiger partial charge < -0.3 is 15.4 Å². The molecule has 4 aromatic rings. The van der Waals surface area contributed by atoms with Gasteiger partial charge in [-0.15, -0.1) is 0 Å². The highest BCUT2D eigenvalue weighted by Gasteiger charge is 2.35. The van der Waals surface area contributed by atoms with Gasteiger partial charge in [-0.1, -0.05) is 30.3 Å². The molecule has 3 aromatic carbocycles. The predicted molar refractivity (Wildman–Crippen MR) is 132 cm³/mol. The zero-order chi connectivity index (χ0) is 25.3. The van der Waals surface area contributed by atoms with Crippen molar-refractivity contribution >= 4 is 28.5 Å². The summed E-state index contributed by atoms with van der Waals surface area (Å²) in [6.45, 7) is 2.19. The topological polar surface area (TPSA) is 63.6 Å². The molecule has 1 saturated heterocycles. The number of aliphatic imine (C=N–C) groups is 1. The standard InChI is InChI=1S/C27H24F4N4O/c28-18-6-8-24-21(12-18)22(26(36)34-24)14-32-19-7-9-25(23(13-19)27(29,30)31)33-20-10-11-35(16-20)15-17-4-2-1-3-5-17/h1-9,12-14,20,33-34,36H,10-11,15-16H2. The first-order chi connectivity index (χ1) is 17.3. The molecule has 0 saturated carbocycles. The lowest BCUT2D eigenvalue weighted by Gasteiger charge is -2.20. The summed E-state index contributed by atoms with van der Waals surface area (Å²) < 4.78 is 55.4. The van der Waals surface area contributed by atoms with Crippen LogP contribution in [-0.4, -0.2) is 40.3 Å². The number of H-pyrrole nitrogens is 1. The molecule has 2 heterocycles. The maximum atomic E-state index is 13.9. The summed E-state index contributed by atoms with van der Waals surface area (Å²) >= 11 is 0. The van der Waals surface area contributed by atoms with E-state index in [4.69, 9.17) is 0 Å². The van der Waals surface area contributed by atoms with E-state index in [1.807, 2.05) is 30.3 Å². The first-order valence-corrected chi connectivity index (χ1v) is 11.5. The maximum absolute atomic E-state index is 13.9. The molecule has 9 heteroatoms. The molecule has 5 nitrogen and oxygen atoms in total. The molecule has 186 valence electrons. The van der Waals surface area contributed by atoms with Crippen molar-refractivity contribution in [2.45, 2.75) is 25.2 Å². The Bertz CT molecular complexity index is 1400. The third-order valence-corrected chi connectivity index (χ3v) is 6.31. The normalized spacial score (nSPS) is 16.8. The van der Waals surface area contributed by atoms with Gasteiger partial charge in [0.25, 0.3) is 0 Å². The van der Waals surface area contributed by atoms with Crippen molar-refractivity contribution in [1.82, 2.24) is 9.88 Å². The minimum Gasteiger partial charge on any atom is -0.494 e. The van der Waals surface area contributed by atoms with Crippen LogP contribution in [0.15, 0.2) is 71.7 Å². The molecule has 1 aromatic heterocycles. The number of alkyl halides is 3. The van der Waals surface area contributed by atoms with Gasteiger partial charge in [0, 0.05) is 48.5 Å². The van der Waals surface area contributed by atoms with Gasteiger partial charge in [0.05, 0.1) is 16.8 Å². The largest absolute Gasteiger partial charge is 0.494 e. The lowest BCUT2D eigenvalue weighted by molar-refractivity contribution is -0.136. The number of halogens is 4. The molecule has 0 radical (unpaired) electrons. The minimum atomic E-state index is -4.58. The van der Waals surface area contributed by atoms with Crippen molar-refractivity contribution in [3.8, 4) is 5.88 Å². The average Bonchev–Trinajstić information content (AvgIpc) is 3.41. The molecule has 0 spiro atoms. The summed E-state index contributed by atoms with van der Waals surface area (Å²) in [7, 11) is 0. The van der Waals surface area contributed by atoms with Crippen LogP contribution in [0.4, 0.5) is 28.9 Å². The second-order valence-electron chi connectivity index (χ2n) is 8.91. The third kappa shape index (κ3) is 5.21. The number of benzene rings is 3. The molecule has 36 heavy (non-hydrogen) atoms. The quantitative estimate of drug-likeness (QED) is 0.212. The summed E-state index contributed by atoms with van der Waals surface area (Å²) in [5.41, 5.74) is 1.11. The van der Waals surface area contributed by atoms with E-state index in [2.05, 4.69) is 20.2 Å². The molecule has 1 unspecified atom stereocenters. The van der Waals surface area contributed by atoms with E-state index in [0.717, 1.165) is 25.6 Å². The number of rotatable bonds is 6. The Kier molecular flexibility index (Phi) is 6.40. The van der Waals surface area contributed by atoms with E-state index in [1.165, 1.54) is 42.1 Å². The van der Waals surface area contributed by atoms with Crippen LogP contribution in [0.1, 0.15) is 23.1 Å². The van der Waals surface area contributed by atoms with Gasteiger partial charge in [-0.3, -0.25) is 9.89 Å². The van der Waals surface area contributed by atoms with E-state index in [9.17, 15) is 22.7 Å². The Morgan fingerprint density at radius 2 is 1.89 bits per heavy atom. The van der Waals surface area contributed by atoms with Crippen molar-refractivity contribution in [2.75, 3.05) is 18.4 Å². The second kappa shape index (κ2) is 9.66. The fraction of sp³-hybridized carbons (Fsp3) is 0.222. The Morgan fingerprint density at radius 1 is 1.08 bits per heavy atom. The van der Waals surface area contributed by atoms with Crippen LogP contribution in [0.25, 0.3) is 10.9 Å². The zero-order valence-corrected chi connectivity index (χ0v) is 19.2. The van der Waals surface area contributed by atoms with Crippen molar-refractivity contribution in [2.24, 2.45) is 4.99 Å². The van der Waals surface area contributed by atoms with Gasteiger partial charge >= 0.3 is 6.18 Å². The number of aromatic hydroxyl groups is 1. The van der Waals surface area contributed by atoms with Crippen molar-refractivity contribution in [3.05, 3.63) is 89.2 Å². The first kappa shape index (κ1) is 23.9. The smallest absolute Gasteiger partial charge is 0.418 e. The van der Waals surface area contributed by atoms with Gasteiger partial charge in [0.2, 0.25) is 0 Å². The van der Waals surface area contributed by atoms with Crippen LogP contribution in [0.2, 0.25) is 0 Å². The molecule has 5 rings (SSSR count). The number of hydrogen-bond donors (Lipinski definition) is 3. The maximum Gasteiger partial charge on any atom is 0.418 e. The van der Waals surface area contributed by atoms with Gasteiger partial charge in [-0.25, -0.2) is 4.39 Å². The third-order valence-electron chi connectivity index (χ3n) is 6.31. The molecule has 1 fully saturated rings. The van der Waals surface area contributed by atoms with Crippen LogP contribution in [0.5, 0.6) is 5.88 Å². The molecular weight excluding hydrogens is 472 g/mol. The van der Waals surface area contributed by atoms with E-state index < -0.39 is 17.6 Å². The van der Waals surface area contributed by atoms with Gasteiger partial charge in [-0.2, -0.15) is 13.2 Å². The highest BCUT2D eigenvalue weighted by atomic mass is 19.4. The Labute approximate surface area is 205 Å². The van der Waals surface area contributed by atoms with E-state index in [1.54, 1.807) is 0 Å². The van der Waals surface area contributed by atoms with Crippen molar-refractivity contribution in [3.63, 3.8) is 0 Å². The van der Waals surface area contributed by atoms with E-state index >= 15 is 0 Å². The number of aromatic nitrogens is 1. The first-order valence-electron chi connectivity index (χ1n) is 11.5. The van der Waals surface area contributed by atoms with Crippen LogP contribution in [0, 0.1) is 5.82 Å². The number of fused-ring (bicyclic) bond motifs is 1. The van der Waals surface area contributed by atoms with Crippen molar-refractivity contribution in [1.29, 1.82) is 0 Å². The second-order valence-corrected chi connectivity index (χ2v) is 8.91. The van der Waals surface area contributed by atoms with Crippen LogP contribution in [0.3, 0.4) is 0 Å². The van der Waals surface area contributed by atoms with E-state index in [-0.39, 0.29) is 28.9 Å². The zero-order valence-electron chi connectivity index (χ0n) is 19.2. The van der Waals surface area contributed by atoms with Gasteiger partial charge in [0.15, 0.2) is 5.88 Å². The van der Waals surface area contributed by atoms with Crippen molar-refractivity contribution < 1.29 is 22.7 Å². The minimum absolute atomic E-state index is 0.00465. The Balaban J connectivity index is 1.34. The molecule has 3 N–H and O–H groups in total. The summed E-state index contributed by atoms with van der Waals surface area (Å²) in [5, 5.41) is 13.6. The lowest BCUT2D eigenvalue weighted by atomic mass is 10.1. The van der Waals surface area contributed by atoms with Gasteiger partial charge in [-0.05, 0) is 48.4 Å². The number of anilines is 1. The van der Waals surface area contributed by atoms with Crippen LogP contribution in [-0.2, 0) is 12.7 Å². The van der Waals surface area contributed by atoms with Gasteiger partial charge in [0.1, 0.15) is 5.82 Å². The highest BCUT2D eigenvalue weighted by Crippen LogP contribution is 2.38. The summed E-state index contributed by atoms with van der Waals surface area (Å²) in [4.78, 5) is 9.05. The predicted octanol–water partition coefficient (Wildman–Crippen LogP) is 6.47. The molecule has 0 amide bonds. The fourth-order valence-corrected chi connectivity index (χ4v) is 4.57. The molecule has 0 bridgehead atoms. The monoisotopic (exact) mass is 496 g/mol. The number of nitrogens with one attached hydrogen (secondary N) is 2. The number of hydrogen-bond acceptors (Lipinski definition) is 4. The Hall–Kier alpha value is -3.85. The Morgan fingerprint density at radius 3 is 2.67 bits per heavy atom. The molecule has 1 aliphatic rings. The lowest BCUT2D eigenvalue weighted by Crippen LogP contribution is -2.27. The van der Waals surface area contributed by atoms with E-state index in [0.29, 0.717) is 17.4 Å². The molecular formula is C27H24F4N4O.